The second-order valence-corrected chi connectivity index (χ2v) is 5.09. The molecule has 5 N–H and O–H groups in total. The highest BCUT2D eigenvalue weighted by atomic mass is 16.4. The number of carbonyl (C=O) groups excluding carboxylic acids is 2. The summed E-state index contributed by atoms with van der Waals surface area (Å²) in [7, 11) is 0. The summed E-state index contributed by atoms with van der Waals surface area (Å²) in [5, 5.41) is 14.6. The van der Waals surface area contributed by atoms with Gasteiger partial charge in [0.2, 0.25) is 11.8 Å². The van der Waals surface area contributed by atoms with Crippen molar-refractivity contribution in [2.75, 3.05) is 6.54 Å². The minimum absolute atomic E-state index is 0.00644. The summed E-state index contributed by atoms with van der Waals surface area (Å²) in [5.41, 5.74) is 4.25. The molecule has 1 saturated heterocycles. The van der Waals surface area contributed by atoms with E-state index in [2.05, 4.69) is 10.6 Å². The van der Waals surface area contributed by atoms with Crippen LogP contribution in [-0.2, 0) is 14.4 Å². The number of hydrogen-bond donors (Lipinski definition) is 4. The van der Waals surface area contributed by atoms with Crippen LogP contribution in [0.5, 0.6) is 0 Å². The molecule has 0 saturated carbocycles. The van der Waals surface area contributed by atoms with Crippen molar-refractivity contribution in [1.82, 2.24) is 10.6 Å². The molecule has 0 bridgehead atoms. The van der Waals surface area contributed by atoms with E-state index in [1.807, 2.05) is 0 Å². The molecule has 0 aromatic carbocycles. The molecular weight excluding hydrogens is 250 g/mol. The van der Waals surface area contributed by atoms with Crippen LogP contribution in [0.2, 0.25) is 0 Å². The van der Waals surface area contributed by atoms with Gasteiger partial charge in [0.1, 0.15) is 6.04 Å². The molecule has 0 radical (unpaired) electrons. The van der Waals surface area contributed by atoms with Gasteiger partial charge in [-0.3, -0.25) is 9.59 Å². The Kier molecular flexibility index (Phi) is 5.29. The maximum absolute atomic E-state index is 12.1. The van der Waals surface area contributed by atoms with Crippen molar-refractivity contribution < 1.29 is 19.5 Å². The van der Waals surface area contributed by atoms with Gasteiger partial charge in [-0.25, -0.2) is 4.79 Å². The molecule has 1 rings (SSSR count). The molecule has 2 amide bonds. The fourth-order valence-electron chi connectivity index (χ4n) is 2.11. The highest BCUT2D eigenvalue weighted by Crippen LogP contribution is 2.19. The third kappa shape index (κ3) is 4.51. The minimum atomic E-state index is -1.16. The molecule has 1 aliphatic heterocycles. The number of carboxylic acid groups (broad SMARTS) is 1. The van der Waals surface area contributed by atoms with Crippen LogP contribution in [0.25, 0.3) is 0 Å². The van der Waals surface area contributed by atoms with Gasteiger partial charge in [0, 0.05) is 6.42 Å². The lowest BCUT2D eigenvalue weighted by atomic mass is 9.89. The van der Waals surface area contributed by atoms with Gasteiger partial charge in [-0.2, -0.15) is 0 Å². The lowest BCUT2D eigenvalue weighted by Crippen LogP contribution is -2.59. The van der Waals surface area contributed by atoms with Crippen molar-refractivity contribution in [1.29, 1.82) is 0 Å². The molecule has 1 unspecified atom stereocenters. The monoisotopic (exact) mass is 271 g/mol. The van der Waals surface area contributed by atoms with Crippen LogP contribution in [0.3, 0.4) is 0 Å². The molecule has 7 heteroatoms. The first kappa shape index (κ1) is 15.4. The number of amides is 2. The van der Waals surface area contributed by atoms with Crippen molar-refractivity contribution in [2.24, 2.45) is 5.73 Å². The minimum Gasteiger partial charge on any atom is -0.480 e. The van der Waals surface area contributed by atoms with E-state index in [0.717, 1.165) is 19.4 Å². The van der Waals surface area contributed by atoms with Gasteiger partial charge in [-0.15, -0.1) is 0 Å². The summed E-state index contributed by atoms with van der Waals surface area (Å²) in [5.74, 6) is -2.08. The van der Waals surface area contributed by atoms with Crippen LogP contribution >= 0.6 is 0 Å². The standard InChI is InChI=1S/C12H21N3O4/c1-12(6-2-3-7-14-12)11(19)15-8(10(17)18)4-5-9(13)16/h8,14H,2-7H2,1H3,(H2,13,16)(H,15,19)(H,17,18)/t8-,12?/m0/s1. The summed E-state index contributed by atoms with van der Waals surface area (Å²) < 4.78 is 0. The van der Waals surface area contributed by atoms with Crippen LogP contribution in [0.4, 0.5) is 0 Å². The van der Waals surface area contributed by atoms with Crippen molar-refractivity contribution in [3.8, 4) is 0 Å². The molecule has 108 valence electrons. The Morgan fingerprint density at radius 2 is 2.11 bits per heavy atom. The highest BCUT2D eigenvalue weighted by Gasteiger charge is 2.36. The molecular formula is C12H21N3O4. The number of aliphatic carboxylic acids is 1. The van der Waals surface area contributed by atoms with Crippen LogP contribution in [0, 0.1) is 0 Å². The third-order valence-electron chi connectivity index (χ3n) is 3.40. The van der Waals surface area contributed by atoms with Crippen molar-refractivity contribution in [3.05, 3.63) is 0 Å². The molecule has 7 nitrogen and oxygen atoms in total. The average Bonchev–Trinajstić information content (AvgIpc) is 2.34. The normalized spacial score (nSPS) is 24.5. The zero-order chi connectivity index (χ0) is 14.5. The van der Waals surface area contributed by atoms with Gasteiger partial charge in [0.05, 0.1) is 5.54 Å². The van der Waals surface area contributed by atoms with Crippen molar-refractivity contribution in [3.63, 3.8) is 0 Å². The van der Waals surface area contributed by atoms with E-state index in [-0.39, 0.29) is 18.7 Å². The van der Waals surface area contributed by atoms with E-state index in [1.165, 1.54) is 0 Å². The Morgan fingerprint density at radius 1 is 1.42 bits per heavy atom. The summed E-state index contributed by atoms with van der Waals surface area (Å²) >= 11 is 0. The van der Waals surface area contributed by atoms with Gasteiger partial charge in [0.25, 0.3) is 0 Å². The van der Waals surface area contributed by atoms with E-state index >= 15 is 0 Å². The number of primary amides is 1. The highest BCUT2D eigenvalue weighted by molar-refractivity contribution is 5.90. The van der Waals surface area contributed by atoms with Crippen LogP contribution in [0.15, 0.2) is 0 Å². The third-order valence-corrected chi connectivity index (χ3v) is 3.40. The predicted octanol–water partition coefficient (Wildman–Crippen LogP) is -0.646. The second kappa shape index (κ2) is 6.51. The van der Waals surface area contributed by atoms with Crippen molar-refractivity contribution in [2.45, 2.75) is 50.6 Å². The maximum Gasteiger partial charge on any atom is 0.326 e. The van der Waals surface area contributed by atoms with E-state index in [9.17, 15) is 14.4 Å². The Labute approximate surface area is 111 Å². The first-order valence-electron chi connectivity index (χ1n) is 6.42. The Bertz CT molecular complexity index is 364. The zero-order valence-corrected chi connectivity index (χ0v) is 11.1. The fraction of sp³-hybridized carbons (Fsp3) is 0.750. The fourth-order valence-corrected chi connectivity index (χ4v) is 2.11. The molecule has 19 heavy (non-hydrogen) atoms. The first-order chi connectivity index (χ1) is 8.85. The molecule has 0 spiro atoms. The van der Waals surface area contributed by atoms with E-state index in [4.69, 9.17) is 10.8 Å². The van der Waals surface area contributed by atoms with E-state index in [0.29, 0.717) is 6.42 Å². The molecule has 0 aromatic rings. The Hall–Kier alpha value is -1.63. The van der Waals surface area contributed by atoms with E-state index in [1.54, 1.807) is 6.92 Å². The van der Waals surface area contributed by atoms with Gasteiger partial charge >= 0.3 is 5.97 Å². The lowest BCUT2D eigenvalue weighted by molar-refractivity contribution is -0.143. The van der Waals surface area contributed by atoms with Crippen molar-refractivity contribution >= 4 is 17.8 Å². The summed E-state index contributed by atoms with van der Waals surface area (Å²) in [6, 6.07) is -1.08. The Morgan fingerprint density at radius 3 is 2.58 bits per heavy atom. The quantitative estimate of drug-likeness (QED) is 0.511. The van der Waals surface area contributed by atoms with Gasteiger partial charge in [-0.05, 0) is 39.2 Å². The number of carboxylic acids is 1. The summed E-state index contributed by atoms with van der Waals surface area (Å²) in [6.07, 6.45) is 2.54. The second-order valence-electron chi connectivity index (χ2n) is 5.09. The molecule has 0 aromatic heterocycles. The number of nitrogens with one attached hydrogen (secondary N) is 2. The summed E-state index contributed by atoms with van der Waals surface area (Å²) in [6.45, 7) is 2.50. The lowest BCUT2D eigenvalue weighted by Gasteiger charge is -2.34. The number of carbonyl (C=O) groups is 3. The number of hydrogen-bond acceptors (Lipinski definition) is 4. The molecule has 1 heterocycles. The van der Waals surface area contributed by atoms with Gasteiger partial charge in [0.15, 0.2) is 0 Å². The predicted molar refractivity (Wildman–Crippen MR) is 68.3 cm³/mol. The zero-order valence-electron chi connectivity index (χ0n) is 11.1. The maximum atomic E-state index is 12.1. The smallest absolute Gasteiger partial charge is 0.326 e. The molecule has 0 aliphatic carbocycles. The first-order valence-corrected chi connectivity index (χ1v) is 6.42. The Balaban J connectivity index is 2.59. The summed E-state index contributed by atoms with van der Waals surface area (Å²) in [4.78, 5) is 33.9. The SMILES string of the molecule is CC1(C(=O)N[C@@H](CCC(N)=O)C(=O)O)CCCCN1. The number of piperidine rings is 1. The molecule has 2 atom stereocenters. The van der Waals surface area contributed by atoms with Gasteiger partial charge < -0.3 is 21.5 Å². The average molecular weight is 271 g/mol. The topological polar surface area (TPSA) is 122 Å². The number of rotatable bonds is 6. The van der Waals surface area contributed by atoms with E-state index < -0.39 is 23.5 Å². The van der Waals surface area contributed by atoms with Crippen LogP contribution in [-0.4, -0.2) is 41.0 Å². The largest absolute Gasteiger partial charge is 0.480 e. The van der Waals surface area contributed by atoms with Crippen LogP contribution < -0.4 is 16.4 Å². The number of nitrogens with two attached hydrogens (primary N) is 1. The van der Waals surface area contributed by atoms with Gasteiger partial charge in [-0.1, -0.05) is 0 Å². The molecule has 1 fully saturated rings. The molecule has 1 aliphatic rings. The van der Waals surface area contributed by atoms with Crippen LogP contribution in [0.1, 0.15) is 39.0 Å².